The van der Waals surface area contributed by atoms with E-state index in [9.17, 15) is 0 Å². The van der Waals surface area contributed by atoms with Crippen molar-refractivity contribution in [1.29, 1.82) is 0 Å². The van der Waals surface area contributed by atoms with Crippen molar-refractivity contribution in [2.75, 3.05) is 0 Å². The maximum atomic E-state index is 6.51. The van der Waals surface area contributed by atoms with Gasteiger partial charge in [-0.2, -0.15) is 0 Å². The molecule has 0 unspecified atom stereocenters. The minimum absolute atomic E-state index is 0.285. The third-order valence-electron chi connectivity index (χ3n) is 11.0. The van der Waals surface area contributed by atoms with Crippen LogP contribution in [0.4, 0.5) is 0 Å². The number of rotatable bonds is 21. The summed E-state index contributed by atoms with van der Waals surface area (Å²) in [5.41, 5.74) is 11.9. The van der Waals surface area contributed by atoms with Crippen LogP contribution in [0.15, 0.2) is 182 Å². The van der Waals surface area contributed by atoms with E-state index in [0.29, 0.717) is 67.5 Å². The first-order valence-electron chi connectivity index (χ1n) is 22.3. The Morgan fingerprint density at radius 1 is 0.227 bits per heavy atom. The molecule has 0 aliphatic rings. The molecule has 8 aromatic rings. The average molecular weight is 877 g/mol. The fourth-order valence-corrected chi connectivity index (χ4v) is 7.03. The lowest BCUT2D eigenvalue weighted by Gasteiger charge is -2.17. The molecule has 8 aromatic carbocycles. The van der Waals surface area contributed by atoms with E-state index in [0.717, 1.165) is 44.7 Å². The zero-order chi connectivity index (χ0) is 45.5. The molecule has 0 saturated carbocycles. The number of hydrogen-bond donors (Lipinski definition) is 0. The molecule has 334 valence electrons. The molecule has 66 heavy (non-hydrogen) atoms. The van der Waals surface area contributed by atoms with Crippen LogP contribution in [0.5, 0.6) is 40.2 Å². The quantitative estimate of drug-likeness (QED) is 0.0712. The summed E-state index contributed by atoms with van der Waals surface area (Å²) in [5.74, 6) is 4.68. The monoisotopic (exact) mass is 876 g/mol. The predicted octanol–water partition coefficient (Wildman–Crippen LogP) is 14.0. The normalized spacial score (nSPS) is 10.8. The lowest BCUT2D eigenvalue weighted by molar-refractivity contribution is 0.253. The molecule has 0 amide bonds. The van der Waals surface area contributed by atoms with Gasteiger partial charge in [-0.1, -0.05) is 150 Å². The Labute approximate surface area is 389 Å². The second kappa shape index (κ2) is 22.3. The molecular weight excluding hydrogens is 821 g/mol. The molecule has 8 rings (SSSR count). The molecule has 0 bridgehead atoms. The van der Waals surface area contributed by atoms with E-state index in [-0.39, 0.29) is 13.2 Å². The van der Waals surface area contributed by atoms with Gasteiger partial charge in [0.1, 0.15) is 63.5 Å². The van der Waals surface area contributed by atoms with Crippen molar-refractivity contribution >= 4 is 0 Å². The molecule has 0 aliphatic carbocycles. The summed E-state index contributed by atoms with van der Waals surface area (Å²) in [6.45, 7) is 10.9. The molecule has 0 N–H and O–H groups in total. The van der Waals surface area contributed by atoms with Crippen molar-refractivity contribution in [3.8, 4) is 40.2 Å². The summed E-state index contributed by atoms with van der Waals surface area (Å²) in [6, 6.07) is 61.0. The van der Waals surface area contributed by atoms with Gasteiger partial charge in [-0.15, -0.1) is 0 Å². The number of hydrogen-bond acceptors (Lipinski definition) is 7. The standard InChI is InChI=1S/C59H56O7/c1-42-10-18-46(19-11-42)35-63-56-28-26-50(32-58(56)65-37-48-22-14-44(3)15-23-48)39-61-54-30-52(41-60-53-8-6-5-7-9-53)31-55(34-54)62-40-51-27-29-57(64-36-47-20-12-43(2)13-21-47)59(33-51)66-38-49-24-16-45(4)17-25-49/h5-34H,35-41H2,1-4H3. The van der Waals surface area contributed by atoms with Crippen molar-refractivity contribution in [2.24, 2.45) is 0 Å². The Kier molecular flexibility index (Phi) is 15.2. The highest BCUT2D eigenvalue weighted by Crippen LogP contribution is 2.34. The molecule has 0 heterocycles. The van der Waals surface area contributed by atoms with Crippen LogP contribution in [0.25, 0.3) is 0 Å². The van der Waals surface area contributed by atoms with Crippen LogP contribution in [0, 0.1) is 27.7 Å². The highest BCUT2D eigenvalue weighted by atomic mass is 16.5. The van der Waals surface area contributed by atoms with Crippen LogP contribution in [0.1, 0.15) is 61.2 Å². The predicted molar refractivity (Wildman–Crippen MR) is 261 cm³/mol. The number of ether oxygens (including phenoxy) is 7. The summed E-state index contributed by atoms with van der Waals surface area (Å²) in [7, 11) is 0. The smallest absolute Gasteiger partial charge is 0.162 e. The summed E-state index contributed by atoms with van der Waals surface area (Å²) in [6.07, 6.45) is 0. The van der Waals surface area contributed by atoms with E-state index in [1.54, 1.807) is 0 Å². The van der Waals surface area contributed by atoms with Gasteiger partial charge in [0.05, 0.1) is 0 Å². The first-order valence-corrected chi connectivity index (χ1v) is 22.3. The van der Waals surface area contributed by atoms with Crippen LogP contribution >= 0.6 is 0 Å². The molecule has 0 spiro atoms. The molecular formula is C59H56O7. The van der Waals surface area contributed by atoms with Crippen molar-refractivity contribution < 1.29 is 33.2 Å². The second-order valence-corrected chi connectivity index (χ2v) is 16.7. The van der Waals surface area contributed by atoms with Crippen molar-refractivity contribution in [3.05, 3.63) is 243 Å². The largest absolute Gasteiger partial charge is 0.489 e. The molecule has 0 saturated heterocycles. The highest BCUT2D eigenvalue weighted by molar-refractivity contribution is 5.46. The Balaban J connectivity index is 0.994. The SMILES string of the molecule is Cc1ccc(COc2ccc(COc3cc(COc4ccccc4)cc(OCc4ccc(OCc5ccc(C)cc5)c(OCc5ccc(C)cc5)c4)c3)cc2OCc2ccc(C)cc2)cc1. The van der Waals surface area contributed by atoms with Crippen LogP contribution in [0.3, 0.4) is 0 Å². The molecule has 7 heteroatoms. The molecule has 0 aromatic heterocycles. The van der Waals surface area contributed by atoms with Gasteiger partial charge in [-0.3, -0.25) is 0 Å². The van der Waals surface area contributed by atoms with E-state index >= 15 is 0 Å². The van der Waals surface area contributed by atoms with Crippen LogP contribution in [0.2, 0.25) is 0 Å². The molecule has 7 nitrogen and oxygen atoms in total. The Hall–Kier alpha value is -7.64. The van der Waals surface area contributed by atoms with E-state index in [1.807, 2.05) is 84.9 Å². The first-order chi connectivity index (χ1) is 32.3. The number of para-hydroxylation sites is 1. The minimum Gasteiger partial charge on any atom is -0.489 e. The van der Waals surface area contributed by atoms with Gasteiger partial charge in [0, 0.05) is 6.07 Å². The molecule has 0 atom stereocenters. The maximum absolute atomic E-state index is 6.51. The van der Waals surface area contributed by atoms with Crippen molar-refractivity contribution in [3.63, 3.8) is 0 Å². The Morgan fingerprint density at radius 2 is 0.530 bits per heavy atom. The Bertz CT molecular complexity index is 2600. The minimum atomic E-state index is 0.285. The maximum Gasteiger partial charge on any atom is 0.162 e. The third-order valence-corrected chi connectivity index (χ3v) is 11.0. The summed E-state index contributed by atoms with van der Waals surface area (Å²) < 4.78 is 44.7. The lowest BCUT2D eigenvalue weighted by atomic mass is 10.1. The van der Waals surface area contributed by atoms with E-state index < -0.39 is 0 Å². The summed E-state index contributed by atoms with van der Waals surface area (Å²) in [4.78, 5) is 0. The zero-order valence-electron chi connectivity index (χ0n) is 38.1. The van der Waals surface area contributed by atoms with Gasteiger partial charge in [0.25, 0.3) is 0 Å². The van der Waals surface area contributed by atoms with E-state index in [1.165, 1.54) is 22.3 Å². The van der Waals surface area contributed by atoms with Gasteiger partial charge in [0.2, 0.25) is 0 Å². The van der Waals surface area contributed by atoms with Gasteiger partial charge in [-0.25, -0.2) is 0 Å². The topological polar surface area (TPSA) is 64.6 Å². The molecule has 0 aliphatic heterocycles. The average Bonchev–Trinajstić information content (AvgIpc) is 3.34. The fourth-order valence-electron chi connectivity index (χ4n) is 7.03. The summed E-state index contributed by atoms with van der Waals surface area (Å²) >= 11 is 0. The zero-order valence-corrected chi connectivity index (χ0v) is 38.1. The Morgan fingerprint density at radius 3 is 0.909 bits per heavy atom. The van der Waals surface area contributed by atoms with Gasteiger partial charge < -0.3 is 33.2 Å². The third kappa shape index (κ3) is 13.4. The highest BCUT2D eigenvalue weighted by Gasteiger charge is 2.13. The van der Waals surface area contributed by atoms with Gasteiger partial charge >= 0.3 is 0 Å². The van der Waals surface area contributed by atoms with E-state index in [2.05, 4.69) is 125 Å². The summed E-state index contributed by atoms with van der Waals surface area (Å²) in [5, 5.41) is 0. The second-order valence-electron chi connectivity index (χ2n) is 16.7. The number of aryl methyl sites for hydroxylation is 4. The van der Waals surface area contributed by atoms with Crippen LogP contribution in [-0.4, -0.2) is 0 Å². The first kappa shape index (κ1) is 44.9. The number of benzene rings is 8. The van der Waals surface area contributed by atoms with Crippen LogP contribution in [-0.2, 0) is 46.2 Å². The van der Waals surface area contributed by atoms with Crippen LogP contribution < -0.4 is 33.2 Å². The van der Waals surface area contributed by atoms with Gasteiger partial charge in [-0.05, 0) is 115 Å². The molecule has 0 fully saturated rings. The van der Waals surface area contributed by atoms with Gasteiger partial charge in [0.15, 0.2) is 23.0 Å². The molecule has 0 radical (unpaired) electrons. The van der Waals surface area contributed by atoms with Crippen molar-refractivity contribution in [2.45, 2.75) is 73.9 Å². The lowest BCUT2D eigenvalue weighted by Crippen LogP contribution is -2.04. The van der Waals surface area contributed by atoms with E-state index in [4.69, 9.17) is 33.2 Å². The van der Waals surface area contributed by atoms with Crippen molar-refractivity contribution in [1.82, 2.24) is 0 Å². The fraction of sp³-hybridized carbons (Fsp3) is 0.186.